The van der Waals surface area contributed by atoms with Gasteiger partial charge in [0.2, 0.25) is 0 Å². The van der Waals surface area contributed by atoms with Crippen molar-refractivity contribution in [1.82, 2.24) is 4.90 Å². The van der Waals surface area contributed by atoms with Crippen LogP contribution < -0.4 is 10.5 Å². The molecule has 0 spiro atoms. The second-order valence-corrected chi connectivity index (χ2v) is 5.75. The molecule has 1 aliphatic heterocycles. The van der Waals surface area contributed by atoms with Crippen LogP contribution in [0.15, 0.2) is 24.3 Å². The number of rotatable bonds is 5. The summed E-state index contributed by atoms with van der Waals surface area (Å²) in [5.74, 6) is 1.53. The molecule has 0 bridgehead atoms. The van der Waals surface area contributed by atoms with Crippen molar-refractivity contribution >= 4 is 0 Å². The quantitative estimate of drug-likeness (QED) is 0.886. The van der Waals surface area contributed by atoms with Crippen molar-refractivity contribution in [3.05, 3.63) is 29.8 Å². The summed E-state index contributed by atoms with van der Waals surface area (Å²) in [5, 5.41) is 0. The average Bonchev–Trinajstić information content (AvgIpc) is 2.41. The number of hydrogen-bond acceptors (Lipinski definition) is 3. The van der Waals surface area contributed by atoms with E-state index in [0.29, 0.717) is 12.0 Å². The smallest absolute Gasteiger partial charge is 0.119 e. The van der Waals surface area contributed by atoms with Crippen LogP contribution in [0.2, 0.25) is 0 Å². The van der Waals surface area contributed by atoms with Crippen molar-refractivity contribution in [2.45, 2.75) is 38.6 Å². The molecule has 0 saturated carbocycles. The summed E-state index contributed by atoms with van der Waals surface area (Å²) in [4.78, 5) is 2.44. The lowest BCUT2D eigenvalue weighted by atomic mass is 10.0. The van der Waals surface area contributed by atoms with E-state index in [0.717, 1.165) is 44.8 Å². The number of benzene rings is 1. The van der Waals surface area contributed by atoms with E-state index in [2.05, 4.69) is 36.9 Å². The van der Waals surface area contributed by atoms with Gasteiger partial charge in [-0.15, -0.1) is 0 Å². The molecule has 0 amide bonds. The van der Waals surface area contributed by atoms with Gasteiger partial charge in [0.15, 0.2) is 0 Å². The zero-order valence-corrected chi connectivity index (χ0v) is 12.1. The van der Waals surface area contributed by atoms with Crippen LogP contribution >= 0.6 is 0 Å². The van der Waals surface area contributed by atoms with Gasteiger partial charge in [-0.2, -0.15) is 0 Å². The van der Waals surface area contributed by atoms with Gasteiger partial charge in [0.1, 0.15) is 12.4 Å². The largest absolute Gasteiger partial charge is 0.492 e. The molecular formula is C16H26N2O. The van der Waals surface area contributed by atoms with Gasteiger partial charge in [0, 0.05) is 12.6 Å². The number of piperidine rings is 1. The van der Waals surface area contributed by atoms with E-state index in [9.17, 15) is 0 Å². The second kappa shape index (κ2) is 6.92. The summed E-state index contributed by atoms with van der Waals surface area (Å²) in [7, 11) is 0. The third-order valence-corrected chi connectivity index (χ3v) is 3.83. The fourth-order valence-corrected chi connectivity index (χ4v) is 2.43. The minimum atomic E-state index is 0.403. The van der Waals surface area contributed by atoms with Crippen molar-refractivity contribution in [2.24, 2.45) is 5.73 Å². The highest BCUT2D eigenvalue weighted by Gasteiger charge is 2.15. The monoisotopic (exact) mass is 262 g/mol. The van der Waals surface area contributed by atoms with Crippen LogP contribution in [0.25, 0.3) is 0 Å². The van der Waals surface area contributed by atoms with Crippen LogP contribution in [-0.4, -0.2) is 37.2 Å². The van der Waals surface area contributed by atoms with Gasteiger partial charge >= 0.3 is 0 Å². The lowest BCUT2D eigenvalue weighted by molar-refractivity contribution is 0.174. The highest BCUT2D eigenvalue weighted by atomic mass is 16.5. The van der Waals surface area contributed by atoms with Crippen molar-refractivity contribution < 1.29 is 4.74 Å². The Kier molecular flexibility index (Phi) is 5.23. The Balaban J connectivity index is 1.75. The molecule has 2 rings (SSSR count). The summed E-state index contributed by atoms with van der Waals surface area (Å²) in [6.07, 6.45) is 2.23. The zero-order chi connectivity index (χ0) is 13.7. The summed E-state index contributed by atoms with van der Waals surface area (Å²) in [6, 6.07) is 8.82. The molecule has 0 unspecified atom stereocenters. The van der Waals surface area contributed by atoms with E-state index in [1.165, 1.54) is 5.56 Å². The van der Waals surface area contributed by atoms with Crippen LogP contribution in [0.3, 0.4) is 0 Å². The SMILES string of the molecule is CC(C)c1cccc(OCCN2CCC(N)CC2)c1. The van der Waals surface area contributed by atoms with E-state index in [-0.39, 0.29) is 0 Å². The number of nitrogens with zero attached hydrogens (tertiary/aromatic N) is 1. The van der Waals surface area contributed by atoms with Crippen molar-refractivity contribution in [2.75, 3.05) is 26.2 Å². The first-order valence-electron chi connectivity index (χ1n) is 7.36. The number of ether oxygens (including phenoxy) is 1. The van der Waals surface area contributed by atoms with Gasteiger partial charge in [0.25, 0.3) is 0 Å². The molecule has 0 aromatic heterocycles. The standard InChI is InChI=1S/C16H26N2O/c1-13(2)14-4-3-5-16(12-14)19-11-10-18-8-6-15(17)7-9-18/h3-5,12-13,15H,6-11,17H2,1-2H3. The lowest BCUT2D eigenvalue weighted by Gasteiger charge is -2.29. The van der Waals surface area contributed by atoms with E-state index in [1.54, 1.807) is 0 Å². The number of nitrogens with two attached hydrogens (primary N) is 1. The van der Waals surface area contributed by atoms with E-state index >= 15 is 0 Å². The molecule has 1 saturated heterocycles. The molecule has 0 aliphatic carbocycles. The Morgan fingerprint density at radius 1 is 1.32 bits per heavy atom. The summed E-state index contributed by atoms with van der Waals surface area (Å²) < 4.78 is 5.85. The molecule has 1 aromatic rings. The Morgan fingerprint density at radius 2 is 2.05 bits per heavy atom. The van der Waals surface area contributed by atoms with Gasteiger partial charge < -0.3 is 10.5 Å². The summed E-state index contributed by atoms with van der Waals surface area (Å²) in [6.45, 7) is 8.38. The molecule has 3 heteroatoms. The predicted octanol–water partition coefficient (Wildman–Crippen LogP) is 2.61. The highest BCUT2D eigenvalue weighted by molar-refractivity contribution is 5.30. The van der Waals surface area contributed by atoms with Gasteiger partial charge in [-0.25, -0.2) is 0 Å². The van der Waals surface area contributed by atoms with Gasteiger partial charge in [-0.3, -0.25) is 4.90 Å². The minimum Gasteiger partial charge on any atom is -0.492 e. The third kappa shape index (κ3) is 4.51. The Hall–Kier alpha value is -1.06. The van der Waals surface area contributed by atoms with Crippen LogP contribution in [0, 0.1) is 0 Å². The maximum absolute atomic E-state index is 5.90. The molecule has 0 atom stereocenters. The van der Waals surface area contributed by atoms with Crippen molar-refractivity contribution in [3.8, 4) is 5.75 Å². The third-order valence-electron chi connectivity index (χ3n) is 3.83. The molecule has 1 fully saturated rings. The van der Waals surface area contributed by atoms with Gasteiger partial charge in [0.05, 0.1) is 0 Å². The average molecular weight is 262 g/mol. The van der Waals surface area contributed by atoms with Crippen molar-refractivity contribution in [1.29, 1.82) is 0 Å². The molecule has 1 heterocycles. The first-order valence-corrected chi connectivity index (χ1v) is 7.36. The van der Waals surface area contributed by atoms with Crippen LogP contribution in [0.4, 0.5) is 0 Å². The van der Waals surface area contributed by atoms with E-state index < -0.39 is 0 Å². The van der Waals surface area contributed by atoms with Gasteiger partial charge in [-0.05, 0) is 49.5 Å². The fraction of sp³-hybridized carbons (Fsp3) is 0.625. The highest BCUT2D eigenvalue weighted by Crippen LogP contribution is 2.20. The Bertz CT molecular complexity index is 384. The van der Waals surface area contributed by atoms with E-state index in [1.807, 2.05) is 6.07 Å². The summed E-state index contributed by atoms with van der Waals surface area (Å²) in [5.41, 5.74) is 7.24. The maximum Gasteiger partial charge on any atom is 0.119 e. The lowest BCUT2D eigenvalue weighted by Crippen LogP contribution is -2.41. The number of likely N-dealkylation sites (tertiary alicyclic amines) is 1. The normalized spacial score (nSPS) is 17.9. The van der Waals surface area contributed by atoms with Crippen LogP contribution in [0.1, 0.15) is 38.2 Å². The molecule has 1 aliphatic rings. The fourth-order valence-electron chi connectivity index (χ4n) is 2.43. The molecule has 3 nitrogen and oxygen atoms in total. The first kappa shape index (κ1) is 14.4. The molecule has 106 valence electrons. The summed E-state index contributed by atoms with van der Waals surface area (Å²) >= 11 is 0. The maximum atomic E-state index is 5.90. The van der Waals surface area contributed by atoms with Crippen LogP contribution in [-0.2, 0) is 0 Å². The molecule has 19 heavy (non-hydrogen) atoms. The predicted molar refractivity (Wildman–Crippen MR) is 79.7 cm³/mol. The number of hydrogen-bond donors (Lipinski definition) is 1. The minimum absolute atomic E-state index is 0.403. The molecule has 1 aromatic carbocycles. The van der Waals surface area contributed by atoms with Gasteiger partial charge in [-0.1, -0.05) is 26.0 Å². The Labute approximate surface area is 116 Å². The zero-order valence-electron chi connectivity index (χ0n) is 12.1. The first-order chi connectivity index (χ1) is 9.15. The van der Waals surface area contributed by atoms with Crippen LogP contribution in [0.5, 0.6) is 5.75 Å². The van der Waals surface area contributed by atoms with E-state index in [4.69, 9.17) is 10.5 Å². The second-order valence-electron chi connectivity index (χ2n) is 5.75. The molecule has 0 radical (unpaired) electrons. The topological polar surface area (TPSA) is 38.5 Å². The Morgan fingerprint density at radius 3 is 2.74 bits per heavy atom. The molecule has 2 N–H and O–H groups in total. The van der Waals surface area contributed by atoms with Crippen molar-refractivity contribution in [3.63, 3.8) is 0 Å². The molecular weight excluding hydrogens is 236 g/mol.